The minimum absolute atomic E-state index is 0.0511. The average Bonchev–Trinajstić information content (AvgIpc) is 3.39. The van der Waals surface area contributed by atoms with E-state index in [9.17, 15) is 14.4 Å². The second-order valence-corrected chi connectivity index (χ2v) is 8.95. The topological polar surface area (TPSA) is 84.9 Å². The van der Waals surface area contributed by atoms with Crippen LogP contribution in [-0.4, -0.2) is 41.9 Å². The smallest absolute Gasteiger partial charge is 0.252 e. The lowest BCUT2D eigenvalue weighted by Crippen LogP contribution is -2.41. The zero-order valence-electron chi connectivity index (χ0n) is 18.1. The molecule has 4 rings (SSSR count). The normalized spacial score (nSPS) is 18.6. The number of rotatable bonds is 7. The third-order valence-corrected chi connectivity index (χ3v) is 6.66. The fraction of sp³-hybridized carbons (Fsp3) is 0.375. The Hall–Kier alpha value is -2.77. The summed E-state index contributed by atoms with van der Waals surface area (Å²) >= 11 is 12.4. The summed E-state index contributed by atoms with van der Waals surface area (Å²) in [7, 11) is 1.54. The standard InChI is InChI=1S/C24H24Cl2N2O5/c1-32-20-10-9-14(11-21(20)33-15-5-2-3-6-15)23(30)27-19-12-22(29)28(24(19)31)13-16-17(25)7-4-8-18(16)26/h4,7-11,15,19H,2-3,5-6,12-13H2,1H3,(H,27,30)/t19-/m0/s1. The van der Waals surface area contributed by atoms with Crippen molar-refractivity contribution >= 4 is 40.9 Å². The molecule has 1 N–H and O–H groups in total. The lowest BCUT2D eigenvalue weighted by atomic mass is 10.1. The number of benzene rings is 2. The van der Waals surface area contributed by atoms with Gasteiger partial charge in [-0.15, -0.1) is 0 Å². The minimum atomic E-state index is -0.965. The fourth-order valence-corrected chi connectivity index (χ4v) is 4.66. The van der Waals surface area contributed by atoms with Crippen molar-refractivity contribution in [3.63, 3.8) is 0 Å². The summed E-state index contributed by atoms with van der Waals surface area (Å²) in [6.45, 7) is -0.0511. The highest BCUT2D eigenvalue weighted by molar-refractivity contribution is 6.36. The number of carbonyl (C=O) groups excluding carboxylic acids is 3. The fourth-order valence-electron chi connectivity index (χ4n) is 4.14. The third kappa shape index (κ3) is 5.09. The molecule has 0 radical (unpaired) electrons. The van der Waals surface area contributed by atoms with E-state index in [1.807, 2.05) is 0 Å². The van der Waals surface area contributed by atoms with Gasteiger partial charge in [-0.3, -0.25) is 19.3 Å². The van der Waals surface area contributed by atoms with E-state index in [4.69, 9.17) is 32.7 Å². The molecule has 174 valence electrons. The number of amides is 3. The van der Waals surface area contributed by atoms with Crippen LogP contribution in [0.25, 0.3) is 0 Å². The number of hydrogen-bond acceptors (Lipinski definition) is 5. The number of ether oxygens (including phenoxy) is 2. The highest BCUT2D eigenvalue weighted by Crippen LogP contribution is 2.33. The van der Waals surface area contributed by atoms with Gasteiger partial charge in [-0.25, -0.2) is 0 Å². The molecule has 2 aliphatic rings. The van der Waals surface area contributed by atoms with Crippen LogP contribution in [0.5, 0.6) is 11.5 Å². The number of carbonyl (C=O) groups is 3. The van der Waals surface area contributed by atoms with Crippen molar-refractivity contribution in [2.45, 2.75) is 50.8 Å². The molecule has 1 saturated heterocycles. The Labute approximate surface area is 201 Å². The van der Waals surface area contributed by atoms with E-state index in [-0.39, 0.29) is 19.1 Å². The van der Waals surface area contributed by atoms with Crippen molar-refractivity contribution in [2.75, 3.05) is 7.11 Å². The Kier molecular flexibility index (Phi) is 7.10. The molecule has 1 saturated carbocycles. The first kappa shape index (κ1) is 23.4. The largest absolute Gasteiger partial charge is 0.493 e. The predicted octanol–water partition coefficient (Wildman–Crippen LogP) is 4.38. The minimum Gasteiger partial charge on any atom is -0.493 e. The Balaban J connectivity index is 1.46. The molecule has 0 unspecified atom stereocenters. The molecule has 0 bridgehead atoms. The van der Waals surface area contributed by atoms with Gasteiger partial charge in [0, 0.05) is 21.2 Å². The Morgan fingerprint density at radius 3 is 2.45 bits per heavy atom. The molecule has 0 spiro atoms. The summed E-state index contributed by atoms with van der Waals surface area (Å²) in [4.78, 5) is 39.3. The number of hydrogen-bond donors (Lipinski definition) is 1. The van der Waals surface area contributed by atoms with Gasteiger partial charge in [0.05, 0.1) is 26.2 Å². The summed E-state index contributed by atoms with van der Waals surface area (Å²) in [5.74, 6) is -0.353. The van der Waals surface area contributed by atoms with Crippen molar-refractivity contribution in [3.8, 4) is 11.5 Å². The van der Waals surface area contributed by atoms with E-state index < -0.39 is 23.8 Å². The molecule has 2 fully saturated rings. The van der Waals surface area contributed by atoms with Crippen molar-refractivity contribution in [3.05, 3.63) is 57.6 Å². The van der Waals surface area contributed by atoms with Gasteiger partial charge in [-0.05, 0) is 56.0 Å². The van der Waals surface area contributed by atoms with E-state index in [1.54, 1.807) is 43.5 Å². The molecule has 1 atom stereocenters. The Morgan fingerprint density at radius 1 is 1.09 bits per heavy atom. The van der Waals surface area contributed by atoms with Crippen LogP contribution < -0.4 is 14.8 Å². The van der Waals surface area contributed by atoms with Crippen molar-refractivity contribution < 1.29 is 23.9 Å². The highest BCUT2D eigenvalue weighted by atomic mass is 35.5. The molecule has 9 heteroatoms. The van der Waals surface area contributed by atoms with Gasteiger partial charge in [0.2, 0.25) is 5.91 Å². The van der Waals surface area contributed by atoms with Crippen LogP contribution in [-0.2, 0) is 16.1 Å². The monoisotopic (exact) mass is 490 g/mol. The van der Waals surface area contributed by atoms with E-state index in [0.717, 1.165) is 30.6 Å². The van der Waals surface area contributed by atoms with E-state index >= 15 is 0 Å². The van der Waals surface area contributed by atoms with Crippen LogP contribution in [0.1, 0.15) is 48.0 Å². The first-order valence-corrected chi connectivity index (χ1v) is 11.6. The van der Waals surface area contributed by atoms with Crippen LogP contribution in [0, 0.1) is 0 Å². The molecule has 33 heavy (non-hydrogen) atoms. The van der Waals surface area contributed by atoms with Gasteiger partial charge in [0.15, 0.2) is 11.5 Å². The van der Waals surface area contributed by atoms with Gasteiger partial charge in [-0.1, -0.05) is 29.3 Å². The number of likely N-dealkylation sites (tertiary alicyclic amines) is 1. The van der Waals surface area contributed by atoms with Crippen LogP contribution in [0.3, 0.4) is 0 Å². The SMILES string of the molecule is COc1ccc(C(=O)N[C@H]2CC(=O)N(Cc3c(Cl)cccc3Cl)C2=O)cc1OC1CCCC1. The summed E-state index contributed by atoms with van der Waals surface area (Å²) in [6, 6.07) is 8.86. The summed E-state index contributed by atoms with van der Waals surface area (Å²) < 4.78 is 11.4. The van der Waals surface area contributed by atoms with Gasteiger partial charge in [0.1, 0.15) is 6.04 Å². The second-order valence-electron chi connectivity index (χ2n) is 8.14. The number of nitrogens with zero attached hydrogens (tertiary/aromatic N) is 1. The molecular formula is C24H24Cl2N2O5. The van der Waals surface area contributed by atoms with Gasteiger partial charge < -0.3 is 14.8 Å². The molecule has 1 aliphatic carbocycles. The van der Waals surface area contributed by atoms with Gasteiger partial charge in [-0.2, -0.15) is 0 Å². The Morgan fingerprint density at radius 2 is 1.79 bits per heavy atom. The molecule has 7 nitrogen and oxygen atoms in total. The van der Waals surface area contributed by atoms with E-state index in [1.165, 1.54) is 0 Å². The maximum atomic E-state index is 12.9. The lowest BCUT2D eigenvalue weighted by Gasteiger charge is -2.18. The lowest BCUT2D eigenvalue weighted by molar-refractivity contribution is -0.139. The third-order valence-electron chi connectivity index (χ3n) is 5.95. The number of imide groups is 1. The summed E-state index contributed by atoms with van der Waals surface area (Å²) in [5.41, 5.74) is 0.801. The van der Waals surface area contributed by atoms with Crippen molar-refractivity contribution in [2.24, 2.45) is 0 Å². The van der Waals surface area contributed by atoms with Crippen LogP contribution >= 0.6 is 23.2 Å². The van der Waals surface area contributed by atoms with E-state index in [0.29, 0.717) is 32.7 Å². The molecular weight excluding hydrogens is 467 g/mol. The first-order chi connectivity index (χ1) is 15.9. The quantitative estimate of drug-likeness (QED) is 0.582. The molecule has 2 aromatic carbocycles. The molecule has 2 aromatic rings. The first-order valence-electron chi connectivity index (χ1n) is 10.8. The van der Waals surface area contributed by atoms with E-state index in [2.05, 4.69) is 5.32 Å². The maximum absolute atomic E-state index is 12.9. The highest BCUT2D eigenvalue weighted by Gasteiger charge is 2.40. The second kappa shape index (κ2) is 10.0. The van der Waals surface area contributed by atoms with Gasteiger partial charge in [0.25, 0.3) is 11.8 Å². The van der Waals surface area contributed by atoms with Crippen molar-refractivity contribution in [1.82, 2.24) is 10.2 Å². The molecule has 3 amide bonds. The molecule has 0 aromatic heterocycles. The van der Waals surface area contributed by atoms with Crippen LogP contribution in [0.4, 0.5) is 0 Å². The zero-order valence-corrected chi connectivity index (χ0v) is 19.6. The zero-order chi connectivity index (χ0) is 23.5. The summed E-state index contributed by atoms with van der Waals surface area (Å²) in [6.07, 6.45) is 4.11. The average molecular weight is 491 g/mol. The van der Waals surface area contributed by atoms with Crippen LogP contribution in [0.15, 0.2) is 36.4 Å². The Bertz CT molecular complexity index is 1060. The number of nitrogens with one attached hydrogen (secondary N) is 1. The molecule has 1 heterocycles. The number of methoxy groups -OCH3 is 1. The van der Waals surface area contributed by atoms with Crippen LogP contribution in [0.2, 0.25) is 10.0 Å². The number of halogens is 2. The summed E-state index contributed by atoms with van der Waals surface area (Å²) in [5, 5.41) is 3.39. The van der Waals surface area contributed by atoms with Gasteiger partial charge >= 0.3 is 0 Å². The molecule has 1 aliphatic heterocycles. The maximum Gasteiger partial charge on any atom is 0.252 e. The van der Waals surface area contributed by atoms with Crippen molar-refractivity contribution in [1.29, 1.82) is 0 Å². The predicted molar refractivity (Wildman–Crippen MR) is 124 cm³/mol.